The van der Waals surface area contributed by atoms with Gasteiger partial charge in [0.25, 0.3) is 0 Å². The molecule has 0 saturated heterocycles. The average Bonchev–Trinajstić information content (AvgIpc) is 0.722. The summed E-state index contributed by atoms with van der Waals surface area (Å²) in [6, 6.07) is 0. The third-order valence-corrected chi connectivity index (χ3v) is 0. The molecule has 0 aliphatic carbocycles. The fourth-order valence-corrected chi connectivity index (χ4v) is 0. The molecule has 0 aliphatic heterocycles. The van der Waals surface area contributed by atoms with Crippen LogP contribution >= 0.6 is 7.82 Å². The molecule has 6 N–H and O–H groups in total. The van der Waals surface area contributed by atoms with E-state index in [1.54, 1.807) is 0 Å². The van der Waals surface area contributed by atoms with Crippen molar-refractivity contribution >= 4 is 121 Å². The molecule has 0 radical (unpaired) electrons. The molecule has 9 heavy (non-hydrogen) atoms. The Morgan fingerprint density at radius 1 is 0.889 bits per heavy atom. The quantitative estimate of drug-likeness (QED) is 0.259. The minimum absolute atomic E-state index is 0. The van der Waals surface area contributed by atoms with E-state index in [2.05, 4.69) is 0 Å². The fourth-order valence-electron chi connectivity index (χ4n) is 0. The molecule has 0 aliphatic rings. The number of rotatable bonds is 0. The van der Waals surface area contributed by atoms with Crippen LogP contribution in [0.15, 0.2) is 0 Å². The van der Waals surface area contributed by atoms with Gasteiger partial charge in [-0.25, -0.2) is 4.57 Å². The molecule has 0 atom stereocenters. The first kappa shape index (κ1) is 29.3. The van der Waals surface area contributed by atoms with Gasteiger partial charge in [-0.05, 0) is 0 Å². The van der Waals surface area contributed by atoms with Crippen LogP contribution < -0.4 is 6.15 Å². The summed E-state index contributed by atoms with van der Waals surface area (Å²) in [5.41, 5.74) is 0. The van der Waals surface area contributed by atoms with Gasteiger partial charge in [-0.3, -0.25) is 0 Å². The molecule has 0 aromatic rings. The molecule has 0 saturated carbocycles. The van der Waals surface area contributed by atoms with Crippen molar-refractivity contribution in [2.24, 2.45) is 0 Å². The molecular formula is H12Ca3NO4P. The summed E-state index contributed by atoms with van der Waals surface area (Å²) in [4.78, 5) is 21.6. The van der Waals surface area contributed by atoms with Crippen LogP contribution in [0.25, 0.3) is 0 Å². The Morgan fingerprint density at radius 3 is 0.889 bits per heavy atom. The second-order valence-electron chi connectivity index (χ2n) is 0.513. The van der Waals surface area contributed by atoms with E-state index in [0.29, 0.717) is 0 Å². The van der Waals surface area contributed by atoms with Gasteiger partial charge in [-0.15, -0.1) is 0 Å². The van der Waals surface area contributed by atoms with E-state index in [0.717, 1.165) is 0 Å². The summed E-state index contributed by atoms with van der Waals surface area (Å²) in [6.07, 6.45) is 0. The number of phosphoric acid groups is 1. The monoisotopic (exact) mass is 241 g/mol. The Bertz CT molecular complexity index is 61.9. The van der Waals surface area contributed by atoms with E-state index >= 15 is 0 Å². The molecule has 0 heterocycles. The maximum absolute atomic E-state index is 8.88. The summed E-state index contributed by atoms with van der Waals surface area (Å²) >= 11 is 0. The Hall–Kier alpha value is 3.85. The second kappa shape index (κ2) is 14.4. The van der Waals surface area contributed by atoms with Crippen LogP contribution in [-0.4, -0.2) is 128 Å². The van der Waals surface area contributed by atoms with Gasteiger partial charge in [0.05, 0.1) is 0 Å². The van der Waals surface area contributed by atoms with Gasteiger partial charge >= 0.3 is 121 Å². The van der Waals surface area contributed by atoms with Crippen molar-refractivity contribution in [2.75, 3.05) is 0 Å². The van der Waals surface area contributed by atoms with E-state index in [-0.39, 0.29) is 119 Å². The summed E-state index contributed by atoms with van der Waals surface area (Å²) in [5, 5.41) is 0. The molecule has 0 unspecified atom stereocenters. The van der Waals surface area contributed by atoms with Crippen molar-refractivity contribution < 1.29 is 19.2 Å². The van der Waals surface area contributed by atoms with Crippen LogP contribution in [0.4, 0.5) is 0 Å². The van der Waals surface area contributed by atoms with Crippen LogP contribution in [0.2, 0.25) is 0 Å². The van der Waals surface area contributed by atoms with Gasteiger partial charge in [-0.1, -0.05) is 0 Å². The molecule has 9 heteroatoms. The Balaban J connectivity index is -0.0000000133. The Kier molecular flexibility index (Phi) is 46.8. The zero-order valence-electron chi connectivity index (χ0n) is 2.90. The van der Waals surface area contributed by atoms with Gasteiger partial charge in [0.15, 0.2) is 0 Å². The SMILES string of the molecule is N.O=P(O)(O)O.[CaH2].[CaH2].[CaH2]. The summed E-state index contributed by atoms with van der Waals surface area (Å²) in [7, 11) is -4.64. The molecule has 0 aromatic heterocycles. The van der Waals surface area contributed by atoms with Crippen LogP contribution in [0, 0.1) is 0 Å². The third kappa shape index (κ3) is 77.6. The first-order valence-electron chi connectivity index (χ1n) is 0.783. The van der Waals surface area contributed by atoms with Gasteiger partial charge in [0.1, 0.15) is 0 Å². The zero-order chi connectivity index (χ0) is 4.50. The Labute approximate surface area is 143 Å². The normalized spacial score (nSPS) is 6.56. The maximum atomic E-state index is 8.88. The topological polar surface area (TPSA) is 113 Å². The summed E-state index contributed by atoms with van der Waals surface area (Å²) in [5.74, 6) is 0. The first-order valence-corrected chi connectivity index (χ1v) is 2.35. The van der Waals surface area contributed by atoms with Crippen LogP contribution in [-0.2, 0) is 4.57 Å². The predicted octanol–water partition coefficient (Wildman–Crippen LogP) is -3.52. The van der Waals surface area contributed by atoms with Gasteiger partial charge < -0.3 is 20.8 Å². The summed E-state index contributed by atoms with van der Waals surface area (Å²) in [6.45, 7) is 0. The van der Waals surface area contributed by atoms with E-state index in [1.165, 1.54) is 0 Å². The molecule has 0 bridgehead atoms. The Morgan fingerprint density at radius 2 is 0.889 bits per heavy atom. The van der Waals surface area contributed by atoms with E-state index in [9.17, 15) is 0 Å². The summed E-state index contributed by atoms with van der Waals surface area (Å²) < 4.78 is 8.88. The molecule has 0 fully saturated rings. The predicted molar refractivity (Wildman–Crippen MR) is 44.9 cm³/mol. The molecule has 5 nitrogen and oxygen atoms in total. The van der Waals surface area contributed by atoms with Gasteiger partial charge in [0, 0.05) is 0 Å². The van der Waals surface area contributed by atoms with E-state index < -0.39 is 7.82 Å². The van der Waals surface area contributed by atoms with Crippen molar-refractivity contribution in [3.8, 4) is 0 Å². The van der Waals surface area contributed by atoms with E-state index in [4.69, 9.17) is 19.2 Å². The number of hydrogen-bond acceptors (Lipinski definition) is 2. The van der Waals surface area contributed by atoms with Gasteiger partial charge in [-0.2, -0.15) is 0 Å². The standard InChI is InChI=1S/3Ca.H3N.H3O4P.6H/c;;;;1-5(2,3)4;;;;;;/h;;;1H3;(H3,1,2,3,4);;;;;;. The minimum atomic E-state index is -4.64. The average molecular weight is 241 g/mol. The molecule has 0 rings (SSSR count). The molecule has 0 spiro atoms. The van der Waals surface area contributed by atoms with Crippen LogP contribution in [0.3, 0.4) is 0 Å². The van der Waals surface area contributed by atoms with Crippen molar-refractivity contribution in [3.05, 3.63) is 0 Å². The van der Waals surface area contributed by atoms with Crippen molar-refractivity contribution in [1.82, 2.24) is 6.15 Å². The molecule has 52 valence electrons. The second-order valence-corrected chi connectivity index (χ2v) is 1.54. The van der Waals surface area contributed by atoms with Crippen LogP contribution in [0.1, 0.15) is 0 Å². The van der Waals surface area contributed by atoms with Crippen LogP contribution in [0.5, 0.6) is 0 Å². The van der Waals surface area contributed by atoms with Crippen molar-refractivity contribution in [1.29, 1.82) is 0 Å². The fraction of sp³-hybridized carbons (Fsp3) is 0. The zero-order valence-corrected chi connectivity index (χ0v) is 3.80. The van der Waals surface area contributed by atoms with Crippen molar-refractivity contribution in [2.45, 2.75) is 0 Å². The molecule has 0 amide bonds. The third-order valence-electron chi connectivity index (χ3n) is 0. The van der Waals surface area contributed by atoms with Crippen molar-refractivity contribution in [3.63, 3.8) is 0 Å². The molecule has 0 aromatic carbocycles. The molecular weight excluding hydrogens is 229 g/mol. The van der Waals surface area contributed by atoms with Gasteiger partial charge in [0.2, 0.25) is 0 Å². The van der Waals surface area contributed by atoms with E-state index in [1.807, 2.05) is 0 Å². The first-order chi connectivity index (χ1) is 2.00. The number of hydrogen-bond donors (Lipinski definition) is 4.